The average molecular weight is 286 g/mol. The molecule has 1 aromatic carbocycles. The number of hydrogen-bond donors (Lipinski definition) is 1. The van der Waals surface area contributed by atoms with Gasteiger partial charge in [0, 0.05) is 5.69 Å². The molecule has 1 amide bonds. The summed E-state index contributed by atoms with van der Waals surface area (Å²) in [4.78, 5) is 11.7. The van der Waals surface area contributed by atoms with Crippen LogP contribution in [-0.2, 0) is 6.18 Å². The number of halogens is 3. The molecule has 0 aliphatic carbocycles. The van der Waals surface area contributed by atoms with E-state index in [-0.39, 0.29) is 17.3 Å². The molecule has 0 fully saturated rings. The molecule has 0 saturated carbocycles. The smallest absolute Gasteiger partial charge is 0.416 e. The quantitative estimate of drug-likeness (QED) is 0.942. The van der Waals surface area contributed by atoms with E-state index in [0.29, 0.717) is 0 Å². The highest BCUT2D eigenvalue weighted by molar-refractivity contribution is 6.02. The van der Waals surface area contributed by atoms with Gasteiger partial charge in [0.15, 0.2) is 0 Å². The number of carbonyl (C=O) groups excluding carboxylic acids is 1. The minimum atomic E-state index is -4.48. The molecule has 20 heavy (non-hydrogen) atoms. The molecule has 1 heterocycles. The summed E-state index contributed by atoms with van der Waals surface area (Å²) in [6, 6.07) is 5.49. The summed E-state index contributed by atoms with van der Waals surface area (Å²) in [6.07, 6.45) is -4.48. The Morgan fingerprint density at radius 3 is 2.70 bits per heavy atom. The lowest BCUT2D eigenvalue weighted by atomic mass is 10.2. The maximum Gasteiger partial charge on any atom is 0.416 e. The average Bonchev–Trinajstić information content (AvgIpc) is 2.87. The van der Waals surface area contributed by atoms with E-state index in [2.05, 4.69) is 15.0 Å². The summed E-state index contributed by atoms with van der Waals surface area (Å²) < 4.78 is 47.0. The minimum absolute atomic E-state index is 0.000178. The molecule has 0 unspecified atom stereocenters. The molecule has 0 saturated heterocycles. The normalized spacial score (nSPS) is 11.2. The van der Waals surface area contributed by atoms with Gasteiger partial charge in [-0.3, -0.25) is 4.79 Å². The van der Waals surface area contributed by atoms with E-state index in [4.69, 9.17) is 4.74 Å². The first-order chi connectivity index (χ1) is 9.40. The zero-order chi connectivity index (χ0) is 14.8. The molecule has 1 aromatic heterocycles. The second-order valence-corrected chi connectivity index (χ2v) is 3.77. The zero-order valence-electron chi connectivity index (χ0n) is 10.2. The number of carbonyl (C=O) groups is 1. The lowest BCUT2D eigenvalue weighted by Gasteiger charge is -2.08. The highest BCUT2D eigenvalue weighted by Crippen LogP contribution is 2.30. The van der Waals surface area contributed by atoms with Crippen molar-refractivity contribution in [3.63, 3.8) is 0 Å². The van der Waals surface area contributed by atoms with Crippen molar-refractivity contribution in [3.8, 4) is 5.88 Å². The van der Waals surface area contributed by atoms with E-state index in [0.717, 1.165) is 12.1 Å². The highest BCUT2D eigenvalue weighted by Gasteiger charge is 2.30. The number of benzene rings is 1. The molecular formula is C12H9F3N2O3. The third-order valence-electron chi connectivity index (χ3n) is 2.37. The molecule has 106 valence electrons. The van der Waals surface area contributed by atoms with E-state index < -0.39 is 17.6 Å². The Hall–Kier alpha value is -2.51. The number of aromatic nitrogens is 1. The van der Waals surface area contributed by atoms with Gasteiger partial charge < -0.3 is 14.6 Å². The number of nitrogens with zero attached hydrogens (tertiary/aromatic N) is 1. The predicted molar refractivity (Wildman–Crippen MR) is 62.5 cm³/mol. The fourth-order valence-corrected chi connectivity index (χ4v) is 1.43. The Kier molecular flexibility index (Phi) is 3.64. The fraction of sp³-hybridized carbons (Fsp3) is 0.167. The van der Waals surface area contributed by atoms with E-state index >= 15 is 0 Å². The Balaban J connectivity index is 2.15. The van der Waals surface area contributed by atoms with Crippen LogP contribution in [0.1, 0.15) is 16.1 Å². The van der Waals surface area contributed by atoms with Crippen molar-refractivity contribution in [1.82, 2.24) is 5.16 Å². The second-order valence-electron chi connectivity index (χ2n) is 3.77. The lowest BCUT2D eigenvalue weighted by molar-refractivity contribution is -0.137. The summed E-state index contributed by atoms with van der Waals surface area (Å²) in [5.41, 5.74) is -0.856. The maximum atomic E-state index is 12.5. The van der Waals surface area contributed by atoms with Crippen LogP contribution in [0.4, 0.5) is 18.9 Å². The molecule has 8 heteroatoms. The van der Waals surface area contributed by atoms with Gasteiger partial charge in [-0.25, -0.2) is 0 Å². The van der Waals surface area contributed by atoms with Crippen LogP contribution >= 0.6 is 0 Å². The van der Waals surface area contributed by atoms with E-state index in [1.807, 2.05) is 0 Å². The van der Waals surface area contributed by atoms with E-state index in [1.165, 1.54) is 25.3 Å². The Morgan fingerprint density at radius 2 is 2.10 bits per heavy atom. The maximum absolute atomic E-state index is 12.5. The van der Waals surface area contributed by atoms with Crippen molar-refractivity contribution in [2.45, 2.75) is 6.18 Å². The number of alkyl halides is 3. The van der Waals surface area contributed by atoms with Crippen molar-refractivity contribution in [2.24, 2.45) is 0 Å². The molecule has 0 aliphatic heterocycles. The van der Waals surface area contributed by atoms with Crippen LogP contribution in [-0.4, -0.2) is 18.2 Å². The predicted octanol–water partition coefficient (Wildman–Crippen LogP) is 2.95. The summed E-state index contributed by atoms with van der Waals surface area (Å²) >= 11 is 0. The largest absolute Gasteiger partial charge is 0.479 e. The topological polar surface area (TPSA) is 64.4 Å². The molecule has 0 bridgehead atoms. The highest BCUT2D eigenvalue weighted by atomic mass is 19.4. The lowest BCUT2D eigenvalue weighted by Crippen LogP contribution is -2.12. The Labute approximate surface area is 111 Å². The number of amides is 1. The summed E-state index contributed by atoms with van der Waals surface area (Å²) in [5.74, 6) is -0.793. The van der Waals surface area contributed by atoms with Gasteiger partial charge in [0.2, 0.25) is 5.76 Å². The van der Waals surface area contributed by atoms with Crippen LogP contribution in [0, 0.1) is 0 Å². The monoisotopic (exact) mass is 286 g/mol. The SMILES string of the molecule is COc1cc(C(=O)Nc2cccc(C(F)(F)F)c2)on1. The van der Waals surface area contributed by atoms with Crippen molar-refractivity contribution in [1.29, 1.82) is 0 Å². The second kappa shape index (κ2) is 5.24. The summed E-state index contributed by atoms with van der Waals surface area (Å²) in [7, 11) is 1.34. The van der Waals surface area contributed by atoms with Crippen molar-refractivity contribution in [2.75, 3.05) is 12.4 Å². The third-order valence-corrected chi connectivity index (χ3v) is 2.37. The first-order valence-electron chi connectivity index (χ1n) is 5.39. The van der Waals surface area contributed by atoms with Crippen LogP contribution in [0.2, 0.25) is 0 Å². The number of methoxy groups -OCH3 is 1. The van der Waals surface area contributed by atoms with Crippen LogP contribution in [0.25, 0.3) is 0 Å². The molecule has 1 N–H and O–H groups in total. The standard InChI is InChI=1S/C12H9F3N2O3/c1-19-10-6-9(20-17-10)11(18)16-8-4-2-3-7(5-8)12(13,14)15/h2-6H,1H3,(H,16,18). The van der Waals surface area contributed by atoms with E-state index in [1.54, 1.807) is 0 Å². The van der Waals surface area contributed by atoms with Gasteiger partial charge in [-0.05, 0) is 23.4 Å². The first kappa shape index (κ1) is 13.9. The minimum Gasteiger partial charge on any atom is -0.479 e. The summed E-state index contributed by atoms with van der Waals surface area (Å²) in [6.45, 7) is 0. The number of anilines is 1. The van der Waals surface area contributed by atoms with E-state index in [9.17, 15) is 18.0 Å². The van der Waals surface area contributed by atoms with Crippen LogP contribution < -0.4 is 10.1 Å². The van der Waals surface area contributed by atoms with Crippen molar-refractivity contribution >= 4 is 11.6 Å². The van der Waals surface area contributed by atoms with Gasteiger partial charge in [0.25, 0.3) is 11.8 Å². The van der Waals surface area contributed by atoms with Gasteiger partial charge in [-0.15, -0.1) is 0 Å². The van der Waals surface area contributed by atoms with Gasteiger partial charge in [-0.1, -0.05) is 6.07 Å². The fourth-order valence-electron chi connectivity index (χ4n) is 1.43. The third kappa shape index (κ3) is 3.08. The molecule has 0 atom stereocenters. The molecule has 0 aliphatic rings. The van der Waals surface area contributed by atoms with Crippen LogP contribution in [0.15, 0.2) is 34.9 Å². The van der Waals surface area contributed by atoms with Gasteiger partial charge >= 0.3 is 6.18 Å². The van der Waals surface area contributed by atoms with Crippen molar-refractivity contribution < 1.29 is 27.2 Å². The molecule has 0 spiro atoms. The van der Waals surface area contributed by atoms with Gasteiger partial charge in [0.05, 0.1) is 18.7 Å². The number of hydrogen-bond acceptors (Lipinski definition) is 4. The van der Waals surface area contributed by atoms with Crippen LogP contribution in [0.3, 0.4) is 0 Å². The molecular weight excluding hydrogens is 277 g/mol. The van der Waals surface area contributed by atoms with Crippen molar-refractivity contribution in [3.05, 3.63) is 41.7 Å². The van der Waals surface area contributed by atoms with Gasteiger partial charge in [0.1, 0.15) is 0 Å². The van der Waals surface area contributed by atoms with Gasteiger partial charge in [-0.2, -0.15) is 13.2 Å². The first-order valence-corrected chi connectivity index (χ1v) is 5.39. The number of rotatable bonds is 3. The van der Waals surface area contributed by atoms with Crippen LogP contribution in [0.5, 0.6) is 5.88 Å². The number of ether oxygens (including phenoxy) is 1. The molecule has 2 rings (SSSR count). The molecule has 0 radical (unpaired) electrons. The Morgan fingerprint density at radius 1 is 1.35 bits per heavy atom. The summed E-state index contributed by atoms with van der Waals surface area (Å²) in [5, 5.41) is 5.70. The number of nitrogens with one attached hydrogen (secondary N) is 1. The molecule has 5 nitrogen and oxygen atoms in total. The zero-order valence-corrected chi connectivity index (χ0v) is 10.2. The Bertz CT molecular complexity index is 622. The molecule has 2 aromatic rings.